The predicted molar refractivity (Wildman–Crippen MR) is 117 cm³/mol. The van der Waals surface area contributed by atoms with E-state index >= 15 is 0 Å². The molecule has 202 valence electrons. The summed E-state index contributed by atoms with van der Waals surface area (Å²) < 4.78 is 52.8. The number of phosphoric ester groups is 1. The SMILES string of the molecule is C[C@@]1(O)[C@H](O)[C@@H](COP(=O)(O)OP(=O)(O)OP(=O)(O)O)O[C@H]1n1cnc2c(NC3CC3)nc(N)nc21. The fourth-order valence-electron chi connectivity index (χ4n) is 3.48. The first kappa shape index (κ1) is 27.5. The number of nitrogens with one attached hydrogen (secondary N) is 1. The van der Waals surface area contributed by atoms with E-state index in [0.717, 1.165) is 12.8 Å². The molecule has 2 aromatic rings. The molecule has 0 spiro atoms. The molecule has 0 amide bonds. The number of nitrogens with two attached hydrogens (primary N) is 1. The molecule has 4 rings (SSSR count). The highest BCUT2D eigenvalue weighted by atomic mass is 31.3. The minimum atomic E-state index is -5.73. The third kappa shape index (κ3) is 6.11. The molecule has 1 aliphatic heterocycles. The Morgan fingerprint density at radius 3 is 2.47 bits per heavy atom. The van der Waals surface area contributed by atoms with Gasteiger partial charge in [-0.15, -0.1) is 0 Å². The van der Waals surface area contributed by atoms with Crippen LogP contribution in [-0.4, -0.2) is 79.8 Å². The van der Waals surface area contributed by atoms with Gasteiger partial charge in [-0.05, 0) is 19.8 Å². The standard InChI is InChI=1S/C14H23N6O13P3/c1-14(22)9(21)7(4-30-35(26,27)33-36(28,29)32-34(23,24)25)31-12(14)20-5-16-8-10(17-6-2-3-6)18-13(15)19-11(8)20/h5-7,9,12,21-22H,2-4H2,1H3,(H,26,27)(H,28,29)(H2,23,24,25)(H3,15,17,18,19)/t7-,9-,12-,14-/m1/s1. The Hall–Kier alpha value is -1.56. The number of aliphatic hydroxyl groups is 2. The summed E-state index contributed by atoms with van der Waals surface area (Å²) in [6.07, 6.45) is -1.47. The van der Waals surface area contributed by atoms with Gasteiger partial charge in [0.15, 0.2) is 23.2 Å². The van der Waals surface area contributed by atoms with E-state index in [1.807, 2.05) is 0 Å². The summed E-state index contributed by atoms with van der Waals surface area (Å²) in [4.78, 5) is 48.5. The van der Waals surface area contributed by atoms with Crippen molar-refractivity contribution < 1.29 is 61.4 Å². The van der Waals surface area contributed by atoms with E-state index in [1.165, 1.54) is 17.8 Å². The lowest BCUT2D eigenvalue weighted by Crippen LogP contribution is -2.44. The number of rotatable bonds is 10. The van der Waals surface area contributed by atoms with Crippen LogP contribution >= 0.6 is 23.5 Å². The maximum absolute atomic E-state index is 12.0. The van der Waals surface area contributed by atoms with Crippen molar-refractivity contribution in [2.75, 3.05) is 17.7 Å². The number of hydrogen-bond donors (Lipinski definition) is 8. The second kappa shape index (κ2) is 9.32. The van der Waals surface area contributed by atoms with Crippen LogP contribution in [0.4, 0.5) is 11.8 Å². The van der Waals surface area contributed by atoms with E-state index in [9.17, 15) is 33.7 Å². The largest absolute Gasteiger partial charge is 0.490 e. The molecule has 0 bridgehead atoms. The quantitative estimate of drug-likeness (QED) is 0.163. The number of imidazole rings is 1. The van der Waals surface area contributed by atoms with E-state index in [-0.39, 0.29) is 17.6 Å². The monoisotopic (exact) mass is 576 g/mol. The molecule has 1 aliphatic carbocycles. The lowest BCUT2D eigenvalue weighted by atomic mass is 9.96. The summed E-state index contributed by atoms with van der Waals surface area (Å²) in [6, 6.07) is 0.208. The third-order valence-corrected chi connectivity index (χ3v) is 8.98. The summed E-state index contributed by atoms with van der Waals surface area (Å²) in [5.74, 6) is 0.260. The van der Waals surface area contributed by atoms with Crippen molar-refractivity contribution in [3.63, 3.8) is 0 Å². The number of ether oxygens (including phenoxy) is 1. The Morgan fingerprint density at radius 1 is 1.19 bits per heavy atom. The van der Waals surface area contributed by atoms with Gasteiger partial charge in [0.2, 0.25) is 5.95 Å². The maximum atomic E-state index is 12.0. The molecule has 0 radical (unpaired) electrons. The van der Waals surface area contributed by atoms with Crippen LogP contribution in [0.2, 0.25) is 0 Å². The molecule has 1 saturated heterocycles. The predicted octanol–water partition coefficient (Wildman–Crippen LogP) is -0.665. The molecule has 3 heterocycles. The summed E-state index contributed by atoms with van der Waals surface area (Å²) in [5, 5.41) is 24.7. The van der Waals surface area contributed by atoms with Crippen LogP contribution in [-0.2, 0) is 31.6 Å². The minimum Gasteiger partial charge on any atom is -0.387 e. The molecule has 9 N–H and O–H groups in total. The molecule has 2 unspecified atom stereocenters. The molecule has 19 nitrogen and oxygen atoms in total. The van der Waals surface area contributed by atoms with Gasteiger partial charge in [-0.25, -0.2) is 18.7 Å². The van der Waals surface area contributed by atoms with Gasteiger partial charge in [0.05, 0.1) is 12.9 Å². The van der Waals surface area contributed by atoms with Gasteiger partial charge < -0.3 is 45.6 Å². The van der Waals surface area contributed by atoms with Gasteiger partial charge >= 0.3 is 23.5 Å². The number of anilines is 2. The van der Waals surface area contributed by atoms with Crippen molar-refractivity contribution in [1.82, 2.24) is 19.5 Å². The van der Waals surface area contributed by atoms with E-state index in [4.69, 9.17) is 20.3 Å². The van der Waals surface area contributed by atoms with Crippen LogP contribution in [0.15, 0.2) is 6.33 Å². The first-order valence-electron chi connectivity index (χ1n) is 10.1. The zero-order chi connectivity index (χ0) is 26.7. The average molecular weight is 576 g/mol. The molecule has 36 heavy (non-hydrogen) atoms. The second-order valence-corrected chi connectivity index (χ2v) is 12.7. The normalized spacial score (nSPS) is 30.2. The lowest BCUT2D eigenvalue weighted by Gasteiger charge is -2.27. The van der Waals surface area contributed by atoms with Gasteiger partial charge in [-0.3, -0.25) is 9.09 Å². The number of nitrogen functional groups attached to an aromatic ring is 1. The highest BCUT2D eigenvalue weighted by Gasteiger charge is 2.54. The van der Waals surface area contributed by atoms with Crippen LogP contribution in [0.5, 0.6) is 0 Å². The van der Waals surface area contributed by atoms with Gasteiger partial charge in [-0.2, -0.15) is 18.6 Å². The smallest absolute Gasteiger partial charge is 0.387 e. The third-order valence-electron chi connectivity index (χ3n) is 5.18. The average Bonchev–Trinajstić information content (AvgIpc) is 3.36. The molecule has 6 atom stereocenters. The van der Waals surface area contributed by atoms with Crippen molar-refractivity contribution in [3.05, 3.63) is 6.33 Å². The lowest BCUT2D eigenvalue weighted by molar-refractivity contribution is -0.0949. The molecule has 22 heteroatoms. The molecule has 2 fully saturated rings. The highest BCUT2D eigenvalue weighted by molar-refractivity contribution is 7.66. The zero-order valence-electron chi connectivity index (χ0n) is 18.3. The van der Waals surface area contributed by atoms with Gasteiger partial charge in [-0.1, -0.05) is 0 Å². The summed E-state index contributed by atoms with van der Waals surface area (Å²) in [7, 11) is -16.8. The van der Waals surface area contributed by atoms with Crippen molar-refractivity contribution >= 4 is 46.4 Å². The molecule has 0 aromatic carbocycles. The van der Waals surface area contributed by atoms with E-state index in [0.29, 0.717) is 11.3 Å². The molecule has 2 aromatic heterocycles. The maximum Gasteiger partial charge on any atom is 0.490 e. The molecular weight excluding hydrogens is 553 g/mol. The van der Waals surface area contributed by atoms with E-state index in [1.54, 1.807) is 0 Å². The number of hydrogen-bond acceptors (Lipinski definition) is 14. The summed E-state index contributed by atoms with van der Waals surface area (Å²) in [6.45, 7) is 0.225. The second-order valence-electron chi connectivity index (χ2n) is 8.26. The Kier molecular flexibility index (Phi) is 7.11. The van der Waals surface area contributed by atoms with Gasteiger partial charge in [0, 0.05) is 6.04 Å². The first-order chi connectivity index (χ1) is 16.5. The van der Waals surface area contributed by atoms with Gasteiger partial charge in [0.1, 0.15) is 17.8 Å². The Morgan fingerprint density at radius 2 is 1.86 bits per heavy atom. The Bertz CT molecular complexity index is 1290. The van der Waals surface area contributed by atoms with Crippen molar-refractivity contribution in [2.45, 2.75) is 49.8 Å². The Balaban J connectivity index is 1.51. The fourth-order valence-corrected chi connectivity index (χ4v) is 6.51. The number of fused-ring (bicyclic) bond motifs is 1. The highest BCUT2D eigenvalue weighted by Crippen LogP contribution is 2.66. The van der Waals surface area contributed by atoms with Gasteiger partial charge in [0.25, 0.3) is 0 Å². The number of aromatic nitrogens is 4. The summed E-state index contributed by atoms with van der Waals surface area (Å²) >= 11 is 0. The first-order valence-corrected chi connectivity index (χ1v) is 14.6. The summed E-state index contributed by atoms with van der Waals surface area (Å²) in [5.41, 5.74) is 4.22. The van der Waals surface area contributed by atoms with Crippen LogP contribution in [0, 0.1) is 0 Å². The number of nitrogens with zero attached hydrogens (tertiary/aromatic N) is 4. The van der Waals surface area contributed by atoms with Crippen molar-refractivity contribution in [1.29, 1.82) is 0 Å². The van der Waals surface area contributed by atoms with Crippen LogP contribution in [0.3, 0.4) is 0 Å². The topological polar surface area (TPSA) is 291 Å². The molecule has 1 saturated carbocycles. The van der Waals surface area contributed by atoms with E-state index < -0.39 is 54.1 Å². The van der Waals surface area contributed by atoms with Crippen LogP contribution < -0.4 is 11.1 Å². The number of phosphoric acid groups is 3. The minimum absolute atomic E-state index is 0.102. The van der Waals surface area contributed by atoms with E-state index in [2.05, 4.69) is 33.4 Å². The zero-order valence-corrected chi connectivity index (χ0v) is 20.9. The van der Waals surface area contributed by atoms with Crippen molar-refractivity contribution in [3.8, 4) is 0 Å². The fraction of sp³-hybridized carbons (Fsp3) is 0.643. The molecule has 2 aliphatic rings. The van der Waals surface area contributed by atoms with Crippen LogP contribution in [0.1, 0.15) is 26.0 Å². The van der Waals surface area contributed by atoms with Crippen LogP contribution in [0.25, 0.3) is 11.2 Å². The van der Waals surface area contributed by atoms with Crippen molar-refractivity contribution in [2.24, 2.45) is 0 Å². The number of aliphatic hydroxyl groups excluding tert-OH is 1. The molecular formula is C14H23N6O13P3. The Labute approximate surface area is 201 Å².